The number of hydrazine groups is 1. The van der Waals surface area contributed by atoms with Crippen molar-refractivity contribution in [2.24, 2.45) is 5.84 Å². The number of rotatable bonds is 7. The van der Waals surface area contributed by atoms with E-state index in [2.05, 4.69) is 22.3 Å². The lowest BCUT2D eigenvalue weighted by Crippen LogP contribution is -2.11. The molecule has 0 fully saturated rings. The van der Waals surface area contributed by atoms with Crippen molar-refractivity contribution in [3.63, 3.8) is 0 Å². The minimum absolute atomic E-state index is 0.665. The second-order valence-corrected chi connectivity index (χ2v) is 4.36. The summed E-state index contributed by atoms with van der Waals surface area (Å²) in [5.74, 6) is 7.74. The molecule has 0 saturated heterocycles. The van der Waals surface area contributed by atoms with Gasteiger partial charge in [0.15, 0.2) is 0 Å². The summed E-state index contributed by atoms with van der Waals surface area (Å²) in [6.45, 7) is 2.81. The quantitative estimate of drug-likeness (QED) is 0.248. The zero-order chi connectivity index (χ0) is 11.8. The average Bonchev–Trinajstić information content (AvgIpc) is 2.29. The summed E-state index contributed by atoms with van der Waals surface area (Å²) in [4.78, 5) is 8.72. The van der Waals surface area contributed by atoms with Crippen molar-refractivity contribution in [3.8, 4) is 0 Å². The van der Waals surface area contributed by atoms with Crippen LogP contribution in [0.15, 0.2) is 11.1 Å². The summed E-state index contributed by atoms with van der Waals surface area (Å²) >= 11 is 1.64. The molecular weight excluding hydrogens is 224 g/mol. The maximum atomic E-state index is 5.36. The normalized spacial score (nSPS) is 10.4. The van der Waals surface area contributed by atoms with Crippen LogP contribution in [0.25, 0.3) is 0 Å². The van der Waals surface area contributed by atoms with Crippen molar-refractivity contribution >= 4 is 17.6 Å². The van der Waals surface area contributed by atoms with Gasteiger partial charge in [0.25, 0.3) is 0 Å². The number of aromatic nitrogens is 2. The average molecular weight is 242 g/mol. The van der Waals surface area contributed by atoms with Crippen LogP contribution in [0.3, 0.4) is 0 Å². The van der Waals surface area contributed by atoms with Crippen LogP contribution in [-0.4, -0.2) is 29.4 Å². The second kappa shape index (κ2) is 7.43. The Hall–Kier alpha value is -0.850. The molecule has 5 nitrogen and oxygen atoms in total. The molecule has 0 aliphatic rings. The molecule has 0 aliphatic heterocycles. The summed E-state index contributed by atoms with van der Waals surface area (Å²) in [5.41, 5.74) is 2.56. The van der Waals surface area contributed by atoms with Crippen molar-refractivity contribution in [2.45, 2.75) is 24.8 Å². The number of ether oxygens (including phenoxy) is 1. The van der Waals surface area contributed by atoms with Crippen LogP contribution in [0.2, 0.25) is 0 Å². The van der Waals surface area contributed by atoms with E-state index in [4.69, 9.17) is 10.6 Å². The molecule has 0 bridgehead atoms. The molecule has 0 aromatic carbocycles. The molecule has 1 aromatic rings. The van der Waals surface area contributed by atoms with E-state index in [1.165, 1.54) is 0 Å². The lowest BCUT2D eigenvalue weighted by Gasteiger charge is -2.06. The molecule has 1 heterocycles. The fourth-order valence-electron chi connectivity index (χ4n) is 1.19. The number of anilines is 1. The van der Waals surface area contributed by atoms with E-state index in [0.29, 0.717) is 12.4 Å². The summed E-state index contributed by atoms with van der Waals surface area (Å²) in [5, 5.41) is 0.934. The number of nitrogens with one attached hydrogen (secondary N) is 1. The van der Waals surface area contributed by atoms with Crippen LogP contribution in [0.1, 0.15) is 19.2 Å². The van der Waals surface area contributed by atoms with Gasteiger partial charge in [0, 0.05) is 25.3 Å². The number of aryl methyl sites for hydroxylation is 1. The molecule has 1 rings (SSSR count). The number of hydrogen-bond donors (Lipinski definition) is 2. The highest BCUT2D eigenvalue weighted by Gasteiger charge is 2.03. The SMILES string of the molecule is CCCc1nc(NN)cc(SCCOC)n1. The Balaban J connectivity index is 2.69. The van der Waals surface area contributed by atoms with Crippen LogP contribution in [0, 0.1) is 0 Å². The van der Waals surface area contributed by atoms with Gasteiger partial charge in [-0.1, -0.05) is 6.92 Å². The molecule has 3 N–H and O–H groups in total. The number of hydrogen-bond acceptors (Lipinski definition) is 6. The van der Waals surface area contributed by atoms with Crippen LogP contribution in [-0.2, 0) is 11.2 Å². The summed E-state index contributed by atoms with van der Waals surface area (Å²) < 4.78 is 4.99. The van der Waals surface area contributed by atoms with Gasteiger partial charge in [-0.2, -0.15) is 0 Å². The van der Waals surface area contributed by atoms with Gasteiger partial charge >= 0.3 is 0 Å². The molecule has 0 spiro atoms. The van der Waals surface area contributed by atoms with E-state index in [0.717, 1.165) is 29.4 Å². The van der Waals surface area contributed by atoms with Crippen LogP contribution in [0.5, 0.6) is 0 Å². The molecule has 0 saturated carbocycles. The molecule has 0 atom stereocenters. The number of methoxy groups -OCH3 is 1. The maximum absolute atomic E-state index is 5.36. The first-order valence-electron chi connectivity index (χ1n) is 5.26. The smallest absolute Gasteiger partial charge is 0.144 e. The fourth-order valence-corrected chi connectivity index (χ4v) is 2.01. The number of nitrogens with two attached hydrogens (primary N) is 1. The monoisotopic (exact) mass is 242 g/mol. The summed E-state index contributed by atoms with van der Waals surface area (Å²) in [6.07, 6.45) is 1.89. The maximum Gasteiger partial charge on any atom is 0.144 e. The molecule has 0 unspecified atom stereocenters. The van der Waals surface area contributed by atoms with Crippen LogP contribution in [0.4, 0.5) is 5.82 Å². The van der Waals surface area contributed by atoms with E-state index in [1.807, 2.05) is 6.07 Å². The fraction of sp³-hybridized carbons (Fsp3) is 0.600. The van der Waals surface area contributed by atoms with Gasteiger partial charge in [0.1, 0.15) is 16.7 Å². The van der Waals surface area contributed by atoms with Crippen molar-refractivity contribution in [1.29, 1.82) is 0 Å². The van der Waals surface area contributed by atoms with E-state index in [1.54, 1.807) is 18.9 Å². The number of nitrogen functional groups attached to an aromatic ring is 1. The topological polar surface area (TPSA) is 73.1 Å². The van der Waals surface area contributed by atoms with Crippen LogP contribution < -0.4 is 11.3 Å². The second-order valence-electron chi connectivity index (χ2n) is 3.24. The molecule has 0 radical (unpaired) electrons. The highest BCUT2D eigenvalue weighted by molar-refractivity contribution is 7.99. The lowest BCUT2D eigenvalue weighted by molar-refractivity contribution is 0.218. The van der Waals surface area contributed by atoms with Crippen molar-refractivity contribution in [1.82, 2.24) is 9.97 Å². The number of thioether (sulfide) groups is 1. The standard InChI is InChI=1S/C10H18N4OS/c1-3-4-8-12-9(14-11)7-10(13-8)16-6-5-15-2/h7H,3-6,11H2,1-2H3,(H,12,13,14). The molecule has 90 valence electrons. The van der Waals surface area contributed by atoms with Crippen molar-refractivity contribution in [3.05, 3.63) is 11.9 Å². The minimum Gasteiger partial charge on any atom is -0.384 e. The Kier molecular flexibility index (Phi) is 6.14. The predicted molar refractivity (Wildman–Crippen MR) is 66.4 cm³/mol. The Morgan fingerprint density at radius 1 is 1.50 bits per heavy atom. The Labute approximate surface area is 100 Å². The van der Waals surface area contributed by atoms with Gasteiger partial charge < -0.3 is 10.2 Å². The lowest BCUT2D eigenvalue weighted by atomic mass is 10.3. The third-order valence-corrected chi connectivity index (χ3v) is 2.78. The molecule has 0 aliphatic carbocycles. The Bertz CT molecular complexity index is 322. The third-order valence-electron chi connectivity index (χ3n) is 1.91. The molecule has 6 heteroatoms. The van der Waals surface area contributed by atoms with Crippen LogP contribution >= 0.6 is 11.8 Å². The zero-order valence-corrected chi connectivity index (χ0v) is 10.5. The summed E-state index contributed by atoms with van der Waals surface area (Å²) in [6, 6.07) is 1.85. The first-order chi connectivity index (χ1) is 7.80. The molecule has 16 heavy (non-hydrogen) atoms. The van der Waals surface area contributed by atoms with Gasteiger partial charge in [0.2, 0.25) is 0 Å². The van der Waals surface area contributed by atoms with Gasteiger partial charge in [-0.25, -0.2) is 15.8 Å². The minimum atomic E-state index is 0.665. The highest BCUT2D eigenvalue weighted by Crippen LogP contribution is 2.18. The zero-order valence-electron chi connectivity index (χ0n) is 9.69. The van der Waals surface area contributed by atoms with E-state index in [-0.39, 0.29) is 0 Å². The van der Waals surface area contributed by atoms with Gasteiger partial charge in [0.05, 0.1) is 6.61 Å². The van der Waals surface area contributed by atoms with Gasteiger partial charge in [-0.15, -0.1) is 11.8 Å². The Morgan fingerprint density at radius 3 is 2.94 bits per heavy atom. The number of nitrogens with zero attached hydrogens (tertiary/aromatic N) is 2. The van der Waals surface area contributed by atoms with E-state index in [9.17, 15) is 0 Å². The molecular formula is C10H18N4OS. The largest absolute Gasteiger partial charge is 0.384 e. The van der Waals surface area contributed by atoms with Gasteiger partial charge in [-0.3, -0.25) is 0 Å². The van der Waals surface area contributed by atoms with Crippen molar-refractivity contribution in [2.75, 3.05) is 24.9 Å². The first-order valence-corrected chi connectivity index (χ1v) is 6.25. The van der Waals surface area contributed by atoms with Crippen molar-refractivity contribution < 1.29 is 4.74 Å². The predicted octanol–water partition coefficient (Wildman–Crippen LogP) is 1.45. The molecule has 1 aromatic heterocycles. The van der Waals surface area contributed by atoms with E-state index < -0.39 is 0 Å². The van der Waals surface area contributed by atoms with Gasteiger partial charge in [-0.05, 0) is 6.42 Å². The Morgan fingerprint density at radius 2 is 2.31 bits per heavy atom. The van der Waals surface area contributed by atoms with E-state index >= 15 is 0 Å². The molecule has 0 amide bonds. The summed E-state index contributed by atoms with van der Waals surface area (Å²) in [7, 11) is 1.69. The highest BCUT2D eigenvalue weighted by atomic mass is 32.2. The first kappa shape index (κ1) is 13.2. The third kappa shape index (κ3) is 4.34.